The lowest BCUT2D eigenvalue weighted by Gasteiger charge is -2.23. The topological polar surface area (TPSA) is 180 Å². The Morgan fingerprint density at radius 3 is 1.71 bits per heavy atom. The second-order valence-electron chi connectivity index (χ2n) is 6.73. The molecule has 0 aromatic heterocycles. The van der Waals surface area contributed by atoms with Gasteiger partial charge in [-0.3, -0.25) is 28.8 Å². The molecule has 0 aliphatic carbocycles. The minimum Gasteiger partial charge on any atom is -0.341 e. The fourth-order valence-electron chi connectivity index (χ4n) is 2.28. The molecule has 13 nitrogen and oxygen atoms in total. The molecule has 0 radical (unpaired) electrons. The molecule has 13 heteroatoms. The Morgan fingerprint density at radius 1 is 0.806 bits per heavy atom. The van der Waals surface area contributed by atoms with Gasteiger partial charge in [0.05, 0.1) is 0 Å². The van der Waals surface area contributed by atoms with Gasteiger partial charge in [0, 0.05) is 25.7 Å². The molecule has 0 spiro atoms. The van der Waals surface area contributed by atoms with E-state index in [2.05, 4.69) is 21.3 Å². The number of imide groups is 1. The molecule has 0 aromatic carbocycles. The first kappa shape index (κ1) is 25.5. The van der Waals surface area contributed by atoms with Crippen LogP contribution in [0.4, 0.5) is 0 Å². The SMILES string of the molecule is CCC(=O)NC(NC(=O)CC)C(=O)NC(C)C(=O)NC(C)C(=O)ON1C(=O)CCC1=O. The molecule has 4 N–H and O–H groups in total. The Kier molecular flexibility index (Phi) is 9.57. The van der Waals surface area contributed by atoms with E-state index in [4.69, 9.17) is 4.84 Å². The molecule has 1 aliphatic rings. The number of hydrogen-bond acceptors (Lipinski definition) is 8. The van der Waals surface area contributed by atoms with Crippen molar-refractivity contribution in [3.05, 3.63) is 0 Å². The molecule has 1 rings (SSSR count). The molecule has 1 aliphatic heterocycles. The van der Waals surface area contributed by atoms with Gasteiger partial charge in [-0.05, 0) is 13.8 Å². The summed E-state index contributed by atoms with van der Waals surface area (Å²) in [5, 5.41) is 9.60. The van der Waals surface area contributed by atoms with E-state index in [0.717, 1.165) is 0 Å². The molecule has 0 aromatic rings. The van der Waals surface area contributed by atoms with Gasteiger partial charge in [0.15, 0.2) is 6.17 Å². The van der Waals surface area contributed by atoms with Gasteiger partial charge >= 0.3 is 5.97 Å². The zero-order valence-corrected chi connectivity index (χ0v) is 17.8. The van der Waals surface area contributed by atoms with Gasteiger partial charge in [-0.25, -0.2) is 4.79 Å². The van der Waals surface area contributed by atoms with E-state index in [1.807, 2.05) is 0 Å². The second kappa shape index (κ2) is 11.6. The highest BCUT2D eigenvalue weighted by Gasteiger charge is 2.34. The Hall–Kier alpha value is -3.51. The fraction of sp³-hybridized carbons (Fsp3) is 0.611. The van der Waals surface area contributed by atoms with Crippen molar-refractivity contribution in [2.24, 2.45) is 0 Å². The minimum atomic E-state index is -1.38. The van der Waals surface area contributed by atoms with E-state index >= 15 is 0 Å². The molecule has 172 valence electrons. The van der Waals surface area contributed by atoms with Crippen molar-refractivity contribution in [3.63, 3.8) is 0 Å². The summed E-state index contributed by atoms with van der Waals surface area (Å²) in [7, 11) is 0. The van der Waals surface area contributed by atoms with Crippen LogP contribution in [0.2, 0.25) is 0 Å². The van der Waals surface area contributed by atoms with Gasteiger partial charge in [0.1, 0.15) is 12.1 Å². The van der Waals surface area contributed by atoms with Crippen LogP contribution in [0.25, 0.3) is 0 Å². The van der Waals surface area contributed by atoms with Crippen molar-refractivity contribution in [1.82, 2.24) is 26.3 Å². The van der Waals surface area contributed by atoms with E-state index in [1.165, 1.54) is 13.8 Å². The van der Waals surface area contributed by atoms with Crippen LogP contribution < -0.4 is 21.3 Å². The van der Waals surface area contributed by atoms with Gasteiger partial charge in [0.2, 0.25) is 17.7 Å². The Balaban J connectivity index is 2.65. The third-order valence-electron chi connectivity index (χ3n) is 4.17. The standard InChI is InChI=1S/C18H27N5O8/c1-5-11(24)21-15(22-12(25)6-2)17(29)19-9(3)16(28)20-10(4)18(30)31-23-13(26)7-8-14(23)27/h9-10,15H,5-8H2,1-4H3,(H,19,29)(H,20,28)(H,21,24)(H,22,25). The number of rotatable bonds is 10. The molecule has 1 fully saturated rings. The summed E-state index contributed by atoms with van der Waals surface area (Å²) in [5.41, 5.74) is 0. The lowest BCUT2D eigenvalue weighted by atomic mass is 10.2. The molecular formula is C18H27N5O8. The van der Waals surface area contributed by atoms with E-state index in [1.54, 1.807) is 13.8 Å². The van der Waals surface area contributed by atoms with E-state index in [0.29, 0.717) is 5.06 Å². The first-order chi connectivity index (χ1) is 14.5. The molecule has 6 amide bonds. The van der Waals surface area contributed by atoms with Crippen molar-refractivity contribution < 1.29 is 38.4 Å². The molecule has 31 heavy (non-hydrogen) atoms. The Bertz CT molecular complexity index is 734. The Labute approximate surface area is 178 Å². The van der Waals surface area contributed by atoms with Crippen molar-refractivity contribution in [2.45, 2.75) is 71.6 Å². The molecular weight excluding hydrogens is 414 g/mol. The van der Waals surface area contributed by atoms with E-state index in [9.17, 15) is 33.6 Å². The van der Waals surface area contributed by atoms with Gasteiger partial charge in [-0.15, -0.1) is 5.06 Å². The highest BCUT2D eigenvalue weighted by Crippen LogP contribution is 2.12. The molecule has 2 atom stereocenters. The zero-order valence-electron chi connectivity index (χ0n) is 17.8. The number of amides is 6. The van der Waals surface area contributed by atoms with Crippen LogP contribution in [-0.2, 0) is 38.4 Å². The van der Waals surface area contributed by atoms with Gasteiger partial charge in [-0.1, -0.05) is 13.8 Å². The second-order valence-corrected chi connectivity index (χ2v) is 6.73. The average Bonchev–Trinajstić information content (AvgIpc) is 3.04. The summed E-state index contributed by atoms with van der Waals surface area (Å²) in [5.74, 6) is -4.96. The normalized spacial score (nSPS) is 15.2. The van der Waals surface area contributed by atoms with Crippen molar-refractivity contribution in [1.29, 1.82) is 0 Å². The predicted octanol–water partition coefficient (Wildman–Crippen LogP) is -2.02. The summed E-state index contributed by atoms with van der Waals surface area (Å²) >= 11 is 0. The zero-order chi connectivity index (χ0) is 23.7. The van der Waals surface area contributed by atoms with Crippen LogP contribution in [0.5, 0.6) is 0 Å². The summed E-state index contributed by atoms with van der Waals surface area (Å²) in [6.45, 7) is 5.71. The van der Waals surface area contributed by atoms with Crippen LogP contribution in [0.15, 0.2) is 0 Å². The maximum Gasteiger partial charge on any atom is 0.354 e. The number of nitrogens with zero attached hydrogens (tertiary/aromatic N) is 1. The molecule has 1 saturated heterocycles. The number of hydroxylamine groups is 2. The lowest BCUT2D eigenvalue weighted by molar-refractivity contribution is -0.198. The quantitative estimate of drug-likeness (QED) is 0.221. The average molecular weight is 441 g/mol. The van der Waals surface area contributed by atoms with Gasteiger partial charge < -0.3 is 26.1 Å². The molecule has 0 saturated carbocycles. The van der Waals surface area contributed by atoms with E-state index < -0.39 is 59.7 Å². The number of hydrogen-bond donors (Lipinski definition) is 4. The summed E-state index contributed by atoms with van der Waals surface area (Å²) < 4.78 is 0. The summed E-state index contributed by atoms with van der Waals surface area (Å²) in [6, 6.07) is -2.39. The highest BCUT2D eigenvalue weighted by atomic mass is 16.7. The largest absolute Gasteiger partial charge is 0.354 e. The lowest BCUT2D eigenvalue weighted by Crippen LogP contribution is -2.60. The van der Waals surface area contributed by atoms with Crippen molar-refractivity contribution >= 4 is 41.4 Å². The summed E-state index contributed by atoms with van der Waals surface area (Å²) in [6.07, 6.45) is -1.38. The predicted molar refractivity (Wildman–Crippen MR) is 103 cm³/mol. The Morgan fingerprint density at radius 2 is 1.26 bits per heavy atom. The maximum atomic E-state index is 12.4. The number of carbonyl (C=O) groups excluding carboxylic acids is 7. The molecule has 1 heterocycles. The van der Waals surface area contributed by atoms with Crippen LogP contribution >= 0.6 is 0 Å². The minimum absolute atomic E-state index is 0.0692. The van der Waals surface area contributed by atoms with E-state index in [-0.39, 0.29) is 25.7 Å². The first-order valence-corrected chi connectivity index (χ1v) is 9.77. The fourth-order valence-corrected chi connectivity index (χ4v) is 2.28. The monoisotopic (exact) mass is 441 g/mol. The molecule has 2 unspecified atom stereocenters. The van der Waals surface area contributed by atoms with Crippen LogP contribution in [0.1, 0.15) is 53.4 Å². The maximum absolute atomic E-state index is 12.4. The number of carbonyl (C=O) groups is 7. The van der Waals surface area contributed by atoms with Gasteiger partial charge in [-0.2, -0.15) is 0 Å². The highest BCUT2D eigenvalue weighted by molar-refractivity contribution is 6.02. The number of nitrogens with one attached hydrogen (secondary N) is 4. The molecule has 0 bridgehead atoms. The summed E-state index contributed by atoms with van der Waals surface area (Å²) in [4.78, 5) is 87.6. The van der Waals surface area contributed by atoms with Crippen molar-refractivity contribution in [3.8, 4) is 0 Å². The van der Waals surface area contributed by atoms with Crippen LogP contribution in [0.3, 0.4) is 0 Å². The third-order valence-corrected chi connectivity index (χ3v) is 4.17. The first-order valence-electron chi connectivity index (χ1n) is 9.77. The van der Waals surface area contributed by atoms with Crippen molar-refractivity contribution in [2.75, 3.05) is 0 Å². The van der Waals surface area contributed by atoms with Crippen LogP contribution in [-0.4, -0.2) is 64.7 Å². The van der Waals surface area contributed by atoms with Gasteiger partial charge in [0.25, 0.3) is 17.7 Å². The third kappa shape index (κ3) is 7.68. The van der Waals surface area contributed by atoms with Crippen LogP contribution in [0, 0.1) is 0 Å². The smallest absolute Gasteiger partial charge is 0.341 e.